The van der Waals surface area contributed by atoms with Crippen LogP contribution in [0.1, 0.15) is 19.4 Å². The minimum absolute atomic E-state index is 1.32. The molecule has 1 aliphatic rings. The van der Waals surface area contributed by atoms with E-state index in [1.165, 1.54) is 23.3 Å². The molecule has 0 saturated heterocycles. The van der Waals surface area contributed by atoms with E-state index in [9.17, 15) is 0 Å². The van der Waals surface area contributed by atoms with Crippen molar-refractivity contribution in [2.75, 3.05) is 0 Å². The third kappa shape index (κ3) is 1.63. The van der Waals surface area contributed by atoms with E-state index in [1.54, 1.807) is 0 Å². The monoisotopic (exact) mass is 169 g/mol. The summed E-state index contributed by atoms with van der Waals surface area (Å²) in [7, 11) is 0. The Labute approximate surface area is 81.0 Å². The Morgan fingerprint density at radius 1 is 0.769 bits per heavy atom. The van der Waals surface area contributed by atoms with Gasteiger partial charge in [-0.15, -0.1) is 0 Å². The number of hydrogen-bond donors (Lipinski definition) is 0. The maximum atomic E-state index is 2.18. The molecule has 13 heavy (non-hydrogen) atoms. The van der Waals surface area contributed by atoms with Gasteiger partial charge in [0.2, 0.25) is 0 Å². The van der Waals surface area contributed by atoms with Gasteiger partial charge in [0.25, 0.3) is 0 Å². The van der Waals surface area contributed by atoms with E-state index in [-0.39, 0.29) is 0 Å². The molecule has 1 aromatic rings. The molecule has 65 valence electrons. The lowest BCUT2D eigenvalue weighted by atomic mass is 9.85. The summed E-state index contributed by atoms with van der Waals surface area (Å²) in [6, 6.07) is 10.5. The molecule has 1 fully saturated rings. The first-order chi connectivity index (χ1) is 6.29. The summed E-state index contributed by atoms with van der Waals surface area (Å²) in [6.07, 6.45) is 4.36. The maximum Gasteiger partial charge on any atom is 0.0185 e. The van der Waals surface area contributed by atoms with Crippen molar-refractivity contribution in [3.05, 3.63) is 66.5 Å². The Kier molecular flexibility index (Phi) is 2.39. The van der Waals surface area contributed by atoms with Crippen molar-refractivity contribution in [2.24, 2.45) is 0 Å². The second kappa shape index (κ2) is 3.53. The summed E-state index contributed by atoms with van der Waals surface area (Å²) in [5.41, 5.74) is 1.32. The van der Waals surface area contributed by atoms with Crippen LogP contribution in [-0.2, 0) is 0 Å². The Balaban J connectivity index is 2.25. The molecule has 0 heterocycles. The van der Waals surface area contributed by atoms with Gasteiger partial charge in [0.15, 0.2) is 0 Å². The molecule has 0 amide bonds. The Hall–Kier alpha value is -0.780. The van der Waals surface area contributed by atoms with Gasteiger partial charge in [0.1, 0.15) is 0 Å². The summed E-state index contributed by atoms with van der Waals surface area (Å²) in [4.78, 5) is 0. The van der Waals surface area contributed by atoms with E-state index in [0.29, 0.717) is 0 Å². The zero-order valence-corrected chi connectivity index (χ0v) is 8.04. The fraction of sp³-hybridized carbons (Fsp3) is 0.154. The highest BCUT2D eigenvalue weighted by molar-refractivity contribution is 5.58. The summed E-state index contributed by atoms with van der Waals surface area (Å²) >= 11 is 0. The molecule has 0 heteroatoms. The van der Waals surface area contributed by atoms with Crippen molar-refractivity contribution < 1.29 is 0 Å². The second-order valence-electron chi connectivity index (χ2n) is 3.44. The lowest BCUT2D eigenvalue weighted by Gasteiger charge is -2.18. The molecule has 1 aliphatic carbocycles. The van der Waals surface area contributed by atoms with Crippen molar-refractivity contribution in [3.63, 3.8) is 0 Å². The molecule has 0 atom stereocenters. The summed E-state index contributed by atoms with van der Waals surface area (Å²) < 4.78 is 0. The molecule has 0 unspecified atom stereocenters. The van der Waals surface area contributed by atoms with E-state index in [0.717, 1.165) is 0 Å². The van der Waals surface area contributed by atoms with Crippen molar-refractivity contribution in [1.29, 1.82) is 0 Å². The molecule has 2 rings (SSSR count). The van der Waals surface area contributed by atoms with Crippen LogP contribution in [0.5, 0.6) is 0 Å². The first-order valence-electron chi connectivity index (χ1n) is 4.57. The fourth-order valence-corrected chi connectivity index (χ4v) is 1.79. The Bertz CT molecular complexity index is 253. The van der Waals surface area contributed by atoms with E-state index in [2.05, 4.69) is 57.0 Å². The zero-order valence-electron chi connectivity index (χ0n) is 8.04. The van der Waals surface area contributed by atoms with Gasteiger partial charge in [0, 0.05) is 5.92 Å². The van der Waals surface area contributed by atoms with Crippen LogP contribution >= 0.6 is 0 Å². The zero-order chi connectivity index (χ0) is 9.26. The molecule has 0 spiro atoms. The molecular weight excluding hydrogens is 156 g/mol. The van der Waals surface area contributed by atoms with Gasteiger partial charge in [-0.05, 0) is 30.2 Å². The maximum absolute atomic E-state index is 2.18. The number of hydrogen-bond acceptors (Lipinski definition) is 0. The molecule has 0 nitrogen and oxygen atoms in total. The summed E-state index contributed by atoms with van der Waals surface area (Å²) in [6.45, 7) is 4.32. The molecular formula is C13H13. The quantitative estimate of drug-likeness (QED) is 0.605. The van der Waals surface area contributed by atoms with Crippen LogP contribution in [0, 0.1) is 30.6 Å². The third-order valence-corrected chi connectivity index (χ3v) is 2.43. The van der Waals surface area contributed by atoms with Crippen LogP contribution in [0.15, 0.2) is 30.3 Å². The molecule has 0 N–H and O–H groups in total. The minimum Gasteiger partial charge on any atom is -0.0622 e. The van der Waals surface area contributed by atoms with E-state index in [1.807, 2.05) is 0 Å². The highest BCUT2D eigenvalue weighted by Gasteiger charge is 2.33. The third-order valence-electron chi connectivity index (χ3n) is 2.43. The summed E-state index contributed by atoms with van der Waals surface area (Å²) in [5, 5.41) is 0. The van der Waals surface area contributed by atoms with Gasteiger partial charge in [-0.25, -0.2) is 0 Å². The fourth-order valence-electron chi connectivity index (χ4n) is 1.79. The highest BCUT2D eigenvalue weighted by Crippen LogP contribution is 2.43. The molecule has 1 saturated carbocycles. The first kappa shape index (κ1) is 8.80. The van der Waals surface area contributed by atoms with Gasteiger partial charge in [-0.2, -0.15) is 0 Å². The molecule has 1 aromatic carbocycles. The second-order valence-corrected chi connectivity index (χ2v) is 3.44. The Morgan fingerprint density at radius 2 is 1.31 bits per heavy atom. The lowest BCUT2D eigenvalue weighted by Crippen LogP contribution is -2.06. The van der Waals surface area contributed by atoms with Crippen LogP contribution in [0.2, 0.25) is 0 Å². The molecule has 0 bridgehead atoms. The predicted molar refractivity (Wildman–Crippen MR) is 55.2 cm³/mol. The van der Waals surface area contributed by atoms with Crippen molar-refractivity contribution in [3.8, 4) is 0 Å². The Morgan fingerprint density at radius 3 is 1.85 bits per heavy atom. The van der Waals surface area contributed by atoms with E-state index < -0.39 is 0 Å². The van der Waals surface area contributed by atoms with Crippen molar-refractivity contribution in [2.45, 2.75) is 13.8 Å². The van der Waals surface area contributed by atoms with Crippen LogP contribution in [0.25, 0.3) is 0 Å². The van der Waals surface area contributed by atoms with Gasteiger partial charge < -0.3 is 0 Å². The van der Waals surface area contributed by atoms with Crippen molar-refractivity contribution in [1.82, 2.24) is 0 Å². The normalized spacial score (nSPS) is 21.1. The standard InChI is InChI=1S/C13H13/c1-10-8-9-11(2)13(10)12-6-4-3-5-7-12/h3-9H,1-2H3. The smallest absolute Gasteiger partial charge is 0.0185 e. The number of benzene rings is 1. The lowest BCUT2D eigenvalue weighted by molar-refractivity contribution is 1.04. The SMILES string of the molecule is C[C]1[CH][CH][C](C)[C]1c1ccccc1. The largest absolute Gasteiger partial charge is 0.0622 e. The first-order valence-corrected chi connectivity index (χ1v) is 4.57. The predicted octanol–water partition coefficient (Wildman–Crippen LogP) is 3.22. The molecule has 0 aliphatic heterocycles. The highest BCUT2D eigenvalue weighted by atomic mass is 14.4. The van der Waals surface area contributed by atoms with Crippen molar-refractivity contribution >= 4 is 0 Å². The van der Waals surface area contributed by atoms with Crippen LogP contribution < -0.4 is 0 Å². The van der Waals surface area contributed by atoms with Gasteiger partial charge in [-0.1, -0.05) is 44.2 Å². The van der Waals surface area contributed by atoms with Crippen LogP contribution in [0.3, 0.4) is 0 Å². The van der Waals surface area contributed by atoms with Gasteiger partial charge >= 0.3 is 0 Å². The van der Waals surface area contributed by atoms with Gasteiger partial charge in [-0.3, -0.25) is 0 Å². The van der Waals surface area contributed by atoms with E-state index >= 15 is 0 Å². The minimum atomic E-state index is 1.32. The van der Waals surface area contributed by atoms with Crippen LogP contribution in [0.4, 0.5) is 0 Å². The number of rotatable bonds is 1. The van der Waals surface area contributed by atoms with E-state index in [4.69, 9.17) is 0 Å². The summed E-state index contributed by atoms with van der Waals surface area (Å²) in [5.74, 6) is 4.12. The molecule has 5 radical (unpaired) electrons. The average molecular weight is 169 g/mol. The van der Waals surface area contributed by atoms with Gasteiger partial charge in [0.05, 0.1) is 0 Å². The average Bonchev–Trinajstić information content (AvgIpc) is 2.48. The molecule has 0 aromatic heterocycles. The topological polar surface area (TPSA) is 0 Å². The van der Waals surface area contributed by atoms with Crippen LogP contribution in [-0.4, -0.2) is 0 Å².